The first-order valence-electron chi connectivity index (χ1n) is 5.42. The van der Waals surface area contributed by atoms with Gasteiger partial charge in [0.25, 0.3) is 5.91 Å². The van der Waals surface area contributed by atoms with Gasteiger partial charge in [-0.3, -0.25) is 9.48 Å². The van der Waals surface area contributed by atoms with Gasteiger partial charge in [0, 0.05) is 20.2 Å². The Bertz CT molecular complexity index is 375. The highest BCUT2D eigenvalue weighted by molar-refractivity contribution is 5.91. The van der Waals surface area contributed by atoms with Crippen LogP contribution in [-0.2, 0) is 11.3 Å². The fraction of sp³-hybridized carbons (Fsp3) is 0.700. The number of rotatable bonds is 6. The maximum atomic E-state index is 11.7. The molecule has 96 valence electrons. The van der Waals surface area contributed by atoms with E-state index in [1.165, 1.54) is 4.68 Å². The second kappa shape index (κ2) is 5.74. The standard InChI is InChI=1S/C10H19N5O2/c1-10(2,17-3)7-12-9(16)8-6-15(5-4-11)14-13-8/h6H,4-5,7,11H2,1-3H3,(H,12,16). The number of nitrogens with zero attached hydrogens (tertiary/aromatic N) is 3. The van der Waals surface area contributed by atoms with E-state index in [9.17, 15) is 4.79 Å². The van der Waals surface area contributed by atoms with Crippen molar-refractivity contribution in [2.45, 2.75) is 26.0 Å². The molecule has 1 aromatic rings. The third kappa shape index (κ3) is 4.12. The molecule has 0 aliphatic rings. The van der Waals surface area contributed by atoms with Crippen LogP contribution >= 0.6 is 0 Å². The predicted molar refractivity (Wildman–Crippen MR) is 62.5 cm³/mol. The van der Waals surface area contributed by atoms with Crippen molar-refractivity contribution in [3.8, 4) is 0 Å². The highest BCUT2D eigenvalue weighted by atomic mass is 16.5. The van der Waals surface area contributed by atoms with E-state index in [2.05, 4.69) is 15.6 Å². The number of ether oxygens (including phenoxy) is 1. The van der Waals surface area contributed by atoms with Gasteiger partial charge < -0.3 is 15.8 Å². The van der Waals surface area contributed by atoms with Crippen molar-refractivity contribution in [3.05, 3.63) is 11.9 Å². The Morgan fingerprint density at radius 3 is 2.94 bits per heavy atom. The molecule has 17 heavy (non-hydrogen) atoms. The molecule has 0 aromatic carbocycles. The first-order chi connectivity index (χ1) is 7.98. The van der Waals surface area contributed by atoms with Gasteiger partial charge in [-0.1, -0.05) is 5.21 Å². The maximum Gasteiger partial charge on any atom is 0.273 e. The molecule has 0 fully saturated rings. The largest absolute Gasteiger partial charge is 0.377 e. The van der Waals surface area contributed by atoms with Crippen LogP contribution < -0.4 is 11.1 Å². The molecular formula is C10H19N5O2. The average molecular weight is 241 g/mol. The molecule has 0 bridgehead atoms. The molecule has 1 aromatic heterocycles. The van der Waals surface area contributed by atoms with E-state index in [1.807, 2.05) is 13.8 Å². The maximum absolute atomic E-state index is 11.7. The van der Waals surface area contributed by atoms with E-state index < -0.39 is 5.60 Å². The number of nitrogens with one attached hydrogen (secondary N) is 1. The van der Waals surface area contributed by atoms with Crippen molar-refractivity contribution in [2.24, 2.45) is 5.73 Å². The Kier molecular flexibility index (Phi) is 4.59. The van der Waals surface area contributed by atoms with Gasteiger partial charge in [-0.05, 0) is 13.8 Å². The van der Waals surface area contributed by atoms with Crippen LogP contribution in [0.5, 0.6) is 0 Å². The van der Waals surface area contributed by atoms with Crippen molar-refractivity contribution in [1.29, 1.82) is 0 Å². The molecule has 7 nitrogen and oxygen atoms in total. The van der Waals surface area contributed by atoms with E-state index in [1.54, 1.807) is 13.3 Å². The Morgan fingerprint density at radius 1 is 1.65 bits per heavy atom. The minimum atomic E-state index is -0.400. The van der Waals surface area contributed by atoms with Gasteiger partial charge in [-0.15, -0.1) is 5.10 Å². The van der Waals surface area contributed by atoms with Crippen molar-refractivity contribution in [1.82, 2.24) is 20.3 Å². The minimum Gasteiger partial charge on any atom is -0.377 e. The lowest BCUT2D eigenvalue weighted by atomic mass is 10.1. The number of carbonyl (C=O) groups is 1. The van der Waals surface area contributed by atoms with Crippen molar-refractivity contribution >= 4 is 5.91 Å². The van der Waals surface area contributed by atoms with Gasteiger partial charge in [-0.25, -0.2) is 0 Å². The molecule has 0 unspecified atom stereocenters. The molecular weight excluding hydrogens is 222 g/mol. The number of amides is 1. The van der Waals surface area contributed by atoms with Gasteiger partial charge in [-0.2, -0.15) is 0 Å². The fourth-order valence-corrected chi connectivity index (χ4v) is 1.10. The van der Waals surface area contributed by atoms with E-state index in [0.717, 1.165) is 0 Å². The van der Waals surface area contributed by atoms with Crippen LogP contribution in [0, 0.1) is 0 Å². The summed E-state index contributed by atoms with van der Waals surface area (Å²) >= 11 is 0. The van der Waals surface area contributed by atoms with E-state index in [4.69, 9.17) is 10.5 Å². The topological polar surface area (TPSA) is 95.1 Å². The number of hydrogen-bond donors (Lipinski definition) is 2. The summed E-state index contributed by atoms with van der Waals surface area (Å²) in [6, 6.07) is 0. The molecule has 0 aliphatic carbocycles. The van der Waals surface area contributed by atoms with Gasteiger partial charge >= 0.3 is 0 Å². The summed E-state index contributed by atoms with van der Waals surface area (Å²) in [5.74, 6) is -0.265. The molecule has 1 rings (SSSR count). The van der Waals surface area contributed by atoms with Crippen molar-refractivity contribution in [3.63, 3.8) is 0 Å². The van der Waals surface area contributed by atoms with Crippen LogP contribution in [0.1, 0.15) is 24.3 Å². The lowest BCUT2D eigenvalue weighted by Gasteiger charge is -2.22. The normalized spacial score (nSPS) is 11.5. The first-order valence-corrected chi connectivity index (χ1v) is 5.42. The number of aromatic nitrogens is 3. The summed E-state index contributed by atoms with van der Waals surface area (Å²) in [7, 11) is 1.60. The highest BCUT2D eigenvalue weighted by Gasteiger charge is 2.19. The number of carbonyl (C=O) groups excluding carboxylic acids is 1. The van der Waals surface area contributed by atoms with Gasteiger partial charge in [0.2, 0.25) is 0 Å². The van der Waals surface area contributed by atoms with Crippen LogP contribution in [0.4, 0.5) is 0 Å². The van der Waals surface area contributed by atoms with E-state index in [-0.39, 0.29) is 11.6 Å². The summed E-state index contributed by atoms with van der Waals surface area (Å²) in [5.41, 5.74) is 5.26. The summed E-state index contributed by atoms with van der Waals surface area (Å²) in [4.78, 5) is 11.7. The molecule has 1 amide bonds. The molecule has 0 spiro atoms. The second-order valence-electron chi connectivity index (χ2n) is 4.30. The molecule has 0 saturated heterocycles. The SMILES string of the molecule is COC(C)(C)CNC(=O)c1cn(CCN)nn1. The molecule has 0 atom stereocenters. The van der Waals surface area contributed by atoms with Gasteiger partial charge in [0.15, 0.2) is 5.69 Å². The quantitative estimate of drug-likeness (QED) is 0.693. The molecule has 0 aliphatic heterocycles. The third-order valence-corrected chi connectivity index (χ3v) is 2.36. The highest BCUT2D eigenvalue weighted by Crippen LogP contribution is 2.05. The Balaban J connectivity index is 2.52. The van der Waals surface area contributed by atoms with Crippen molar-refractivity contribution < 1.29 is 9.53 Å². The third-order valence-electron chi connectivity index (χ3n) is 2.36. The molecule has 1 heterocycles. The zero-order valence-electron chi connectivity index (χ0n) is 10.4. The summed E-state index contributed by atoms with van der Waals surface area (Å²) in [6.07, 6.45) is 1.57. The van der Waals surface area contributed by atoms with Crippen LogP contribution in [-0.4, -0.2) is 46.7 Å². The summed E-state index contributed by atoms with van der Waals surface area (Å²) in [6.45, 7) is 5.19. The second-order valence-corrected chi connectivity index (χ2v) is 4.30. The monoisotopic (exact) mass is 241 g/mol. The van der Waals surface area contributed by atoms with Crippen molar-refractivity contribution in [2.75, 3.05) is 20.2 Å². The van der Waals surface area contributed by atoms with Crippen LogP contribution in [0.3, 0.4) is 0 Å². The summed E-state index contributed by atoms with van der Waals surface area (Å²) < 4.78 is 6.73. The predicted octanol–water partition coefficient (Wildman–Crippen LogP) is -0.608. The van der Waals surface area contributed by atoms with Crippen LogP contribution in [0.2, 0.25) is 0 Å². The Hall–Kier alpha value is -1.47. The lowest BCUT2D eigenvalue weighted by Crippen LogP contribution is -2.39. The zero-order valence-corrected chi connectivity index (χ0v) is 10.4. The summed E-state index contributed by atoms with van der Waals surface area (Å²) in [5, 5.41) is 10.3. The lowest BCUT2D eigenvalue weighted by molar-refractivity contribution is 0.0228. The number of methoxy groups -OCH3 is 1. The fourth-order valence-electron chi connectivity index (χ4n) is 1.10. The molecule has 0 saturated carbocycles. The minimum absolute atomic E-state index is 0.265. The zero-order chi connectivity index (χ0) is 12.9. The van der Waals surface area contributed by atoms with Gasteiger partial charge in [0.05, 0.1) is 18.3 Å². The molecule has 0 radical (unpaired) electrons. The molecule has 7 heteroatoms. The Morgan fingerprint density at radius 2 is 2.35 bits per heavy atom. The first kappa shape index (κ1) is 13.6. The number of nitrogens with two attached hydrogens (primary N) is 1. The number of hydrogen-bond acceptors (Lipinski definition) is 5. The van der Waals surface area contributed by atoms with Crippen LogP contribution in [0.25, 0.3) is 0 Å². The smallest absolute Gasteiger partial charge is 0.273 e. The van der Waals surface area contributed by atoms with Gasteiger partial charge in [0.1, 0.15) is 0 Å². The average Bonchev–Trinajstić information content (AvgIpc) is 2.75. The molecule has 3 N–H and O–H groups in total. The van der Waals surface area contributed by atoms with Crippen LogP contribution in [0.15, 0.2) is 6.20 Å². The van der Waals surface area contributed by atoms with E-state index in [0.29, 0.717) is 19.6 Å². The van der Waals surface area contributed by atoms with E-state index >= 15 is 0 Å². The Labute approximate surface area is 100 Å².